The Hall–Kier alpha value is -2.07. The van der Waals surface area contributed by atoms with E-state index < -0.39 is 9.84 Å². The van der Waals surface area contributed by atoms with Crippen LogP contribution in [0.15, 0.2) is 67.3 Å². The van der Waals surface area contributed by atoms with Crippen LogP contribution in [0.25, 0.3) is 0 Å². The lowest BCUT2D eigenvalue weighted by atomic mass is 9.78. The van der Waals surface area contributed by atoms with Gasteiger partial charge in [-0.3, -0.25) is 0 Å². The van der Waals surface area contributed by atoms with Crippen molar-refractivity contribution in [3.63, 3.8) is 0 Å². The van der Waals surface area contributed by atoms with Gasteiger partial charge < -0.3 is 4.74 Å². The molecule has 0 heterocycles. The zero-order chi connectivity index (χ0) is 18.6. The van der Waals surface area contributed by atoms with Gasteiger partial charge in [-0.25, -0.2) is 8.42 Å². The van der Waals surface area contributed by atoms with Crippen LogP contribution in [0.2, 0.25) is 0 Å². The van der Waals surface area contributed by atoms with Gasteiger partial charge in [0.05, 0.1) is 18.1 Å². The lowest BCUT2D eigenvalue weighted by Gasteiger charge is -2.34. The van der Waals surface area contributed by atoms with Gasteiger partial charge in [-0.15, -0.1) is 6.58 Å². The third kappa shape index (κ3) is 4.18. The van der Waals surface area contributed by atoms with Gasteiger partial charge in [-0.05, 0) is 54.4 Å². The van der Waals surface area contributed by atoms with E-state index in [0.29, 0.717) is 6.42 Å². The Morgan fingerprint density at radius 2 is 1.77 bits per heavy atom. The van der Waals surface area contributed by atoms with Crippen LogP contribution in [-0.4, -0.2) is 20.8 Å². The number of rotatable bonds is 6. The van der Waals surface area contributed by atoms with Crippen LogP contribution in [0.3, 0.4) is 0 Å². The van der Waals surface area contributed by atoms with Gasteiger partial charge in [0.2, 0.25) is 0 Å². The topological polar surface area (TPSA) is 43.4 Å². The van der Waals surface area contributed by atoms with Gasteiger partial charge in [0, 0.05) is 0 Å². The molecule has 1 unspecified atom stereocenters. The maximum Gasteiger partial charge on any atom is 0.157 e. The predicted octanol–water partition coefficient (Wildman–Crippen LogP) is 4.75. The fourth-order valence-electron chi connectivity index (χ4n) is 3.93. The van der Waals surface area contributed by atoms with Crippen molar-refractivity contribution >= 4 is 9.84 Å². The summed E-state index contributed by atoms with van der Waals surface area (Å²) in [4.78, 5) is 0. The standard InChI is InChI=1S/C22H26O3S/c1-3-18-9-10-20(19-11-13-21(25-2)14-12-19)15-22(18)26(23,24)16-17-7-5-4-6-8-17/h3-8,11-14,18,20,22H,1,9-10,15-16H2,2H3/t18-,20+,22?/m1/s1. The fraction of sp³-hybridized carbons (Fsp3) is 0.364. The number of ether oxygens (including phenoxy) is 1. The van der Waals surface area contributed by atoms with E-state index in [0.717, 1.165) is 24.2 Å². The summed E-state index contributed by atoms with van der Waals surface area (Å²) in [5, 5.41) is -0.374. The zero-order valence-corrected chi connectivity index (χ0v) is 16.0. The van der Waals surface area contributed by atoms with Gasteiger partial charge in [0.1, 0.15) is 5.75 Å². The average molecular weight is 371 g/mol. The molecule has 0 amide bonds. The summed E-state index contributed by atoms with van der Waals surface area (Å²) in [5.41, 5.74) is 2.04. The summed E-state index contributed by atoms with van der Waals surface area (Å²) >= 11 is 0. The molecular formula is C22H26O3S. The van der Waals surface area contributed by atoms with Crippen LogP contribution in [0, 0.1) is 5.92 Å². The first-order chi connectivity index (χ1) is 12.5. The molecule has 3 rings (SSSR count). The first-order valence-corrected chi connectivity index (χ1v) is 10.8. The summed E-state index contributed by atoms with van der Waals surface area (Å²) in [7, 11) is -1.60. The van der Waals surface area contributed by atoms with Crippen molar-refractivity contribution in [1.29, 1.82) is 0 Å². The molecule has 0 bridgehead atoms. The second-order valence-electron chi connectivity index (χ2n) is 7.01. The number of benzene rings is 2. The summed E-state index contributed by atoms with van der Waals surface area (Å²) in [6, 6.07) is 17.4. The predicted molar refractivity (Wildman–Crippen MR) is 106 cm³/mol. The largest absolute Gasteiger partial charge is 0.497 e. The molecule has 2 aromatic carbocycles. The highest BCUT2D eigenvalue weighted by Crippen LogP contribution is 2.40. The second kappa shape index (κ2) is 8.09. The molecule has 0 aromatic heterocycles. The molecule has 1 fully saturated rings. The Morgan fingerprint density at radius 3 is 2.38 bits per heavy atom. The average Bonchev–Trinajstić information content (AvgIpc) is 2.68. The van der Waals surface area contributed by atoms with Crippen LogP contribution >= 0.6 is 0 Å². The Balaban J connectivity index is 1.81. The minimum absolute atomic E-state index is 0.0261. The highest BCUT2D eigenvalue weighted by Gasteiger charge is 2.38. The maximum absolute atomic E-state index is 13.1. The first kappa shape index (κ1) is 18.7. The smallest absolute Gasteiger partial charge is 0.157 e. The lowest BCUT2D eigenvalue weighted by molar-refractivity contribution is 0.372. The second-order valence-corrected chi connectivity index (χ2v) is 9.23. The van der Waals surface area contributed by atoms with Gasteiger partial charge in [0.25, 0.3) is 0 Å². The van der Waals surface area contributed by atoms with E-state index in [2.05, 4.69) is 18.7 Å². The van der Waals surface area contributed by atoms with Crippen molar-refractivity contribution in [2.75, 3.05) is 7.11 Å². The Bertz CT molecular complexity index is 825. The fourth-order valence-corrected chi connectivity index (χ4v) is 6.10. The molecule has 4 heteroatoms. The number of methoxy groups -OCH3 is 1. The van der Waals surface area contributed by atoms with E-state index in [9.17, 15) is 8.42 Å². The van der Waals surface area contributed by atoms with Crippen molar-refractivity contribution < 1.29 is 13.2 Å². The lowest BCUT2D eigenvalue weighted by Crippen LogP contribution is -2.35. The summed E-state index contributed by atoms with van der Waals surface area (Å²) in [6.07, 6.45) is 4.33. The van der Waals surface area contributed by atoms with Gasteiger partial charge in [0.15, 0.2) is 9.84 Å². The van der Waals surface area contributed by atoms with E-state index in [1.165, 1.54) is 5.56 Å². The molecule has 0 radical (unpaired) electrons. The number of allylic oxidation sites excluding steroid dienone is 1. The monoisotopic (exact) mass is 370 g/mol. The van der Waals surface area contributed by atoms with E-state index in [1.807, 2.05) is 48.5 Å². The molecule has 26 heavy (non-hydrogen) atoms. The van der Waals surface area contributed by atoms with Crippen molar-refractivity contribution in [3.05, 3.63) is 78.4 Å². The normalized spacial score (nSPS) is 23.3. The summed E-state index contributed by atoms with van der Waals surface area (Å²) in [5.74, 6) is 1.20. The highest BCUT2D eigenvalue weighted by molar-refractivity contribution is 7.91. The van der Waals surface area contributed by atoms with E-state index >= 15 is 0 Å². The van der Waals surface area contributed by atoms with Crippen LogP contribution < -0.4 is 4.74 Å². The molecule has 0 N–H and O–H groups in total. The van der Waals surface area contributed by atoms with Crippen LogP contribution in [0.1, 0.15) is 36.3 Å². The van der Waals surface area contributed by atoms with E-state index in [1.54, 1.807) is 7.11 Å². The quantitative estimate of drug-likeness (QED) is 0.689. The van der Waals surface area contributed by atoms with E-state index in [4.69, 9.17) is 4.74 Å². The van der Waals surface area contributed by atoms with Crippen molar-refractivity contribution in [2.24, 2.45) is 5.92 Å². The zero-order valence-electron chi connectivity index (χ0n) is 15.2. The van der Waals surface area contributed by atoms with Crippen molar-refractivity contribution in [2.45, 2.75) is 36.2 Å². The van der Waals surface area contributed by atoms with Gasteiger partial charge >= 0.3 is 0 Å². The molecular weight excluding hydrogens is 344 g/mol. The van der Waals surface area contributed by atoms with Crippen LogP contribution in [0.5, 0.6) is 5.75 Å². The van der Waals surface area contributed by atoms with Crippen LogP contribution in [-0.2, 0) is 15.6 Å². The third-order valence-electron chi connectivity index (χ3n) is 5.40. The molecule has 1 aliphatic carbocycles. The highest BCUT2D eigenvalue weighted by atomic mass is 32.2. The molecule has 3 atom stereocenters. The van der Waals surface area contributed by atoms with Crippen molar-refractivity contribution in [1.82, 2.24) is 0 Å². The SMILES string of the molecule is C=C[C@@H]1CC[C@H](c2ccc(OC)cc2)CC1S(=O)(=O)Cc1ccccc1. The Morgan fingerprint density at radius 1 is 1.08 bits per heavy atom. The number of hydrogen-bond donors (Lipinski definition) is 0. The molecule has 2 aromatic rings. The molecule has 0 spiro atoms. The van der Waals surface area contributed by atoms with Crippen molar-refractivity contribution in [3.8, 4) is 5.75 Å². The molecule has 138 valence electrons. The molecule has 1 aliphatic rings. The van der Waals surface area contributed by atoms with E-state index in [-0.39, 0.29) is 22.8 Å². The van der Waals surface area contributed by atoms with Crippen LogP contribution in [0.4, 0.5) is 0 Å². The third-order valence-corrected chi connectivity index (χ3v) is 7.61. The Labute approximate surface area is 156 Å². The molecule has 0 saturated heterocycles. The Kier molecular flexibility index (Phi) is 5.82. The first-order valence-electron chi connectivity index (χ1n) is 9.05. The minimum atomic E-state index is -3.25. The number of sulfone groups is 1. The molecule has 1 saturated carbocycles. The molecule has 3 nitrogen and oxygen atoms in total. The van der Waals surface area contributed by atoms with Gasteiger partial charge in [-0.2, -0.15) is 0 Å². The summed E-state index contributed by atoms with van der Waals surface area (Å²) in [6.45, 7) is 3.89. The number of hydrogen-bond acceptors (Lipinski definition) is 3. The minimum Gasteiger partial charge on any atom is -0.497 e. The summed E-state index contributed by atoms with van der Waals surface area (Å²) < 4.78 is 31.5. The maximum atomic E-state index is 13.1. The molecule has 0 aliphatic heterocycles. The van der Waals surface area contributed by atoms with Gasteiger partial charge in [-0.1, -0.05) is 48.5 Å².